The molecule has 1 fully saturated rings. The van der Waals surface area contributed by atoms with E-state index in [1.54, 1.807) is 30.3 Å². The Bertz CT molecular complexity index is 1380. The molecule has 37 heavy (non-hydrogen) atoms. The van der Waals surface area contributed by atoms with Crippen LogP contribution in [-0.2, 0) is 16.1 Å². The van der Waals surface area contributed by atoms with Crippen molar-refractivity contribution < 1.29 is 28.2 Å². The highest BCUT2D eigenvalue weighted by Crippen LogP contribution is 2.39. The van der Waals surface area contributed by atoms with Crippen LogP contribution in [0.5, 0.6) is 11.5 Å². The molecule has 1 heterocycles. The van der Waals surface area contributed by atoms with Gasteiger partial charge in [0.15, 0.2) is 18.1 Å². The number of benzene rings is 3. The predicted octanol–water partition coefficient (Wildman–Crippen LogP) is 6.40. The second-order valence-electron chi connectivity index (χ2n) is 7.71. The molecular weight excluding hydrogens is 542 g/mol. The Morgan fingerprint density at radius 1 is 1.08 bits per heavy atom. The summed E-state index contributed by atoms with van der Waals surface area (Å²) >= 11 is 13.1. The average molecular weight is 561 g/mol. The first-order chi connectivity index (χ1) is 17.8. The van der Waals surface area contributed by atoms with Crippen molar-refractivity contribution in [3.63, 3.8) is 0 Å². The first-order valence-corrected chi connectivity index (χ1v) is 12.4. The van der Waals surface area contributed by atoms with Crippen molar-refractivity contribution in [3.8, 4) is 11.5 Å². The first-order valence-electron chi connectivity index (χ1n) is 10.8. The summed E-state index contributed by atoms with van der Waals surface area (Å²) in [6.45, 7) is -0.614. The Hall–Kier alpha value is -3.53. The third-order valence-corrected chi connectivity index (χ3v) is 6.75. The monoisotopic (exact) mass is 560 g/mol. The maximum absolute atomic E-state index is 14.2. The number of imide groups is 1. The number of carbonyl (C=O) groups excluding carboxylic acids is 3. The van der Waals surface area contributed by atoms with E-state index >= 15 is 0 Å². The molecule has 1 aliphatic heterocycles. The summed E-state index contributed by atoms with van der Waals surface area (Å²) in [5, 5.41) is 2.40. The summed E-state index contributed by atoms with van der Waals surface area (Å²) < 4.78 is 25.1. The van der Waals surface area contributed by atoms with E-state index in [1.807, 2.05) is 6.07 Å². The lowest BCUT2D eigenvalue weighted by Crippen LogP contribution is -2.28. The highest BCUT2D eigenvalue weighted by atomic mass is 35.5. The largest absolute Gasteiger partial charge is 0.493 e. The summed E-state index contributed by atoms with van der Waals surface area (Å²) in [7, 11) is 1.40. The summed E-state index contributed by atoms with van der Waals surface area (Å²) in [4.78, 5) is 38.7. The van der Waals surface area contributed by atoms with Gasteiger partial charge < -0.3 is 14.8 Å². The molecule has 0 unspecified atom stereocenters. The van der Waals surface area contributed by atoms with E-state index in [2.05, 4.69) is 5.32 Å². The van der Waals surface area contributed by atoms with Gasteiger partial charge in [0.2, 0.25) is 0 Å². The SMILES string of the molecule is COc1cc(/C=C2\SC(=O)N(Cc3c(F)cccc3Cl)C2=O)cc(Cl)c1OCC(=O)Nc1ccccc1. The topological polar surface area (TPSA) is 84.9 Å². The van der Waals surface area contributed by atoms with E-state index in [0.717, 1.165) is 4.90 Å². The van der Waals surface area contributed by atoms with E-state index in [4.69, 9.17) is 32.7 Å². The highest BCUT2D eigenvalue weighted by Gasteiger charge is 2.36. The second kappa shape index (κ2) is 11.7. The minimum absolute atomic E-state index is 0.0511. The molecule has 7 nitrogen and oxygen atoms in total. The maximum atomic E-state index is 14.2. The van der Waals surface area contributed by atoms with E-state index in [0.29, 0.717) is 23.0 Å². The van der Waals surface area contributed by atoms with Gasteiger partial charge in [-0.15, -0.1) is 0 Å². The van der Waals surface area contributed by atoms with Gasteiger partial charge in [-0.3, -0.25) is 19.3 Å². The van der Waals surface area contributed by atoms with Gasteiger partial charge in [-0.1, -0.05) is 47.5 Å². The van der Waals surface area contributed by atoms with Gasteiger partial charge in [0.25, 0.3) is 17.1 Å². The lowest BCUT2D eigenvalue weighted by Gasteiger charge is -2.14. The number of methoxy groups -OCH3 is 1. The highest BCUT2D eigenvalue weighted by molar-refractivity contribution is 8.18. The minimum Gasteiger partial charge on any atom is -0.493 e. The van der Waals surface area contributed by atoms with Crippen LogP contribution in [0.1, 0.15) is 11.1 Å². The summed E-state index contributed by atoms with van der Waals surface area (Å²) in [6.07, 6.45) is 1.47. The van der Waals surface area contributed by atoms with Crippen molar-refractivity contribution in [3.05, 3.63) is 92.6 Å². The standard InChI is InChI=1S/C26H19Cl2FN2O5S/c1-35-21-11-15(10-19(28)24(21)36-14-23(32)30-16-6-3-2-4-7-16)12-22-25(33)31(26(34)37-22)13-17-18(27)8-5-9-20(17)29/h2-12H,13-14H2,1H3,(H,30,32)/b22-12-. The third-order valence-electron chi connectivity index (χ3n) is 5.21. The Morgan fingerprint density at radius 2 is 1.84 bits per heavy atom. The van der Waals surface area contributed by atoms with Gasteiger partial charge in [0, 0.05) is 16.3 Å². The smallest absolute Gasteiger partial charge is 0.293 e. The van der Waals surface area contributed by atoms with Crippen LogP contribution in [0.2, 0.25) is 10.0 Å². The second-order valence-corrected chi connectivity index (χ2v) is 9.51. The molecule has 0 aromatic heterocycles. The minimum atomic E-state index is -0.611. The number of thioether (sulfide) groups is 1. The number of carbonyl (C=O) groups is 3. The van der Waals surface area contributed by atoms with Crippen molar-refractivity contribution in [2.24, 2.45) is 0 Å². The van der Waals surface area contributed by atoms with Crippen LogP contribution < -0.4 is 14.8 Å². The Morgan fingerprint density at radius 3 is 2.54 bits per heavy atom. The molecule has 0 atom stereocenters. The number of nitrogens with zero attached hydrogens (tertiary/aromatic N) is 1. The van der Waals surface area contributed by atoms with Crippen molar-refractivity contribution in [2.45, 2.75) is 6.54 Å². The van der Waals surface area contributed by atoms with Crippen LogP contribution in [0.3, 0.4) is 0 Å². The summed E-state index contributed by atoms with van der Waals surface area (Å²) in [5.41, 5.74) is 1.13. The van der Waals surface area contributed by atoms with Crippen LogP contribution in [0.15, 0.2) is 65.6 Å². The van der Waals surface area contributed by atoms with Crippen molar-refractivity contribution in [1.29, 1.82) is 0 Å². The van der Waals surface area contributed by atoms with Crippen LogP contribution >= 0.6 is 35.0 Å². The van der Waals surface area contributed by atoms with E-state index in [-0.39, 0.29) is 45.2 Å². The number of nitrogens with one attached hydrogen (secondary N) is 1. The molecule has 0 bridgehead atoms. The van der Waals surface area contributed by atoms with Gasteiger partial charge in [0.1, 0.15) is 5.82 Å². The fraction of sp³-hybridized carbons (Fsp3) is 0.115. The molecule has 0 saturated carbocycles. The number of halogens is 3. The molecular formula is C26H19Cl2FN2O5S. The number of anilines is 1. The molecule has 1 N–H and O–H groups in total. The molecule has 0 radical (unpaired) electrons. The molecule has 0 spiro atoms. The number of ether oxygens (including phenoxy) is 2. The van der Waals surface area contributed by atoms with Crippen LogP contribution in [-0.4, -0.2) is 35.7 Å². The summed E-state index contributed by atoms with van der Waals surface area (Å²) in [5.74, 6) is -1.23. The predicted molar refractivity (Wildman–Crippen MR) is 141 cm³/mol. The van der Waals surface area contributed by atoms with Crippen LogP contribution in [0, 0.1) is 5.82 Å². The first kappa shape index (κ1) is 26.5. The van der Waals surface area contributed by atoms with Crippen LogP contribution in [0.25, 0.3) is 6.08 Å². The number of amides is 3. The number of rotatable bonds is 8. The fourth-order valence-corrected chi connectivity index (χ4v) is 4.78. The van der Waals surface area contributed by atoms with E-state index in [1.165, 1.54) is 37.5 Å². The molecule has 1 saturated heterocycles. The molecule has 3 aromatic carbocycles. The molecule has 3 aromatic rings. The fourth-order valence-electron chi connectivity index (χ4n) is 3.45. The van der Waals surface area contributed by atoms with Crippen molar-refractivity contribution in [1.82, 2.24) is 4.90 Å². The average Bonchev–Trinajstić information content (AvgIpc) is 3.13. The third kappa shape index (κ3) is 6.25. The zero-order valence-corrected chi connectivity index (χ0v) is 21.6. The molecule has 4 rings (SSSR count). The van der Waals surface area contributed by atoms with Gasteiger partial charge in [-0.05, 0) is 59.8 Å². The zero-order valence-electron chi connectivity index (χ0n) is 19.3. The molecule has 1 aliphatic rings. The Kier molecular flexibility index (Phi) is 8.38. The van der Waals surface area contributed by atoms with E-state index in [9.17, 15) is 18.8 Å². The van der Waals surface area contributed by atoms with Gasteiger partial charge in [0.05, 0.1) is 23.6 Å². The summed E-state index contributed by atoms with van der Waals surface area (Å²) in [6, 6.07) is 16.1. The van der Waals surface area contributed by atoms with Crippen molar-refractivity contribution >= 4 is 63.8 Å². The lowest BCUT2D eigenvalue weighted by molar-refractivity contribution is -0.123. The molecule has 3 amide bonds. The van der Waals surface area contributed by atoms with Gasteiger partial charge >= 0.3 is 0 Å². The van der Waals surface area contributed by atoms with Crippen molar-refractivity contribution in [2.75, 3.05) is 19.0 Å². The molecule has 11 heteroatoms. The number of hydrogen-bond donors (Lipinski definition) is 1. The zero-order chi connectivity index (χ0) is 26.5. The van der Waals surface area contributed by atoms with Crippen LogP contribution in [0.4, 0.5) is 14.9 Å². The number of para-hydroxylation sites is 1. The van der Waals surface area contributed by atoms with Gasteiger partial charge in [-0.2, -0.15) is 0 Å². The Balaban J connectivity index is 1.49. The molecule has 0 aliphatic carbocycles. The normalized spacial score (nSPS) is 14.3. The lowest BCUT2D eigenvalue weighted by atomic mass is 10.1. The Labute approximate surface area is 226 Å². The quantitative estimate of drug-likeness (QED) is 0.321. The molecule has 190 valence electrons. The maximum Gasteiger partial charge on any atom is 0.293 e. The number of hydrogen-bond acceptors (Lipinski definition) is 6. The van der Waals surface area contributed by atoms with E-state index < -0.39 is 22.9 Å². The van der Waals surface area contributed by atoms with Gasteiger partial charge in [-0.25, -0.2) is 4.39 Å².